The molecule has 0 fully saturated rings. The molecular weight excluding hydrogens is 360 g/mol. The first-order valence-corrected chi connectivity index (χ1v) is 10.4. The molecule has 0 radical (unpaired) electrons. The maximum atomic E-state index is 12.2. The Balaban J connectivity index is 2.13. The smallest absolute Gasteiger partial charge is 0.230 e. The number of nitrogens with zero attached hydrogens (tertiary/aromatic N) is 3. The number of ether oxygens (including phenoxy) is 1. The van der Waals surface area contributed by atoms with Crippen molar-refractivity contribution in [1.82, 2.24) is 20.1 Å². The van der Waals surface area contributed by atoms with Crippen molar-refractivity contribution >= 4 is 17.7 Å². The SMILES string of the molecule is CCCCn1c(SCC(=O)NC(C)C(C)C)nnc1-c1ccc(OC)cc1. The number of carbonyl (C=O) groups excluding carboxylic acids is 1. The van der Waals surface area contributed by atoms with Crippen LogP contribution in [0.3, 0.4) is 0 Å². The largest absolute Gasteiger partial charge is 0.497 e. The maximum absolute atomic E-state index is 12.2. The van der Waals surface area contributed by atoms with E-state index in [-0.39, 0.29) is 11.9 Å². The summed E-state index contributed by atoms with van der Waals surface area (Å²) in [4.78, 5) is 12.2. The molecule has 1 atom stereocenters. The van der Waals surface area contributed by atoms with Crippen molar-refractivity contribution in [1.29, 1.82) is 0 Å². The molecule has 2 aromatic rings. The zero-order valence-electron chi connectivity index (χ0n) is 16.9. The standard InChI is InChI=1S/C20H30N4O2S/c1-6-7-12-24-19(16-8-10-17(26-5)11-9-16)22-23-20(24)27-13-18(25)21-15(4)14(2)3/h8-11,14-15H,6-7,12-13H2,1-5H3,(H,21,25). The Morgan fingerprint density at radius 2 is 1.93 bits per heavy atom. The zero-order chi connectivity index (χ0) is 19.8. The lowest BCUT2D eigenvalue weighted by atomic mass is 10.1. The molecule has 1 aromatic heterocycles. The maximum Gasteiger partial charge on any atom is 0.230 e. The highest BCUT2D eigenvalue weighted by atomic mass is 32.2. The summed E-state index contributed by atoms with van der Waals surface area (Å²) >= 11 is 1.44. The van der Waals surface area contributed by atoms with Crippen molar-refractivity contribution in [3.8, 4) is 17.1 Å². The third-order valence-electron chi connectivity index (χ3n) is 4.52. The van der Waals surface area contributed by atoms with Gasteiger partial charge in [0.25, 0.3) is 0 Å². The predicted octanol–water partition coefficient (Wildman–Crippen LogP) is 4.01. The van der Waals surface area contributed by atoms with Crippen LogP contribution in [0.15, 0.2) is 29.4 Å². The molecule has 7 heteroatoms. The van der Waals surface area contributed by atoms with Crippen molar-refractivity contribution in [3.05, 3.63) is 24.3 Å². The molecule has 1 heterocycles. The highest BCUT2D eigenvalue weighted by Crippen LogP contribution is 2.26. The van der Waals surface area contributed by atoms with Gasteiger partial charge in [0.2, 0.25) is 5.91 Å². The van der Waals surface area contributed by atoms with Crippen molar-refractivity contribution < 1.29 is 9.53 Å². The summed E-state index contributed by atoms with van der Waals surface area (Å²) in [5.41, 5.74) is 0.990. The molecule has 27 heavy (non-hydrogen) atoms. The molecule has 1 aromatic carbocycles. The fraction of sp³-hybridized carbons (Fsp3) is 0.550. The lowest BCUT2D eigenvalue weighted by molar-refractivity contribution is -0.119. The van der Waals surface area contributed by atoms with Crippen LogP contribution in [0.2, 0.25) is 0 Å². The molecule has 0 saturated carbocycles. The summed E-state index contributed by atoms with van der Waals surface area (Å²) in [7, 11) is 1.65. The molecule has 1 unspecified atom stereocenters. The van der Waals surface area contributed by atoms with Crippen LogP contribution in [0.25, 0.3) is 11.4 Å². The molecule has 0 aliphatic carbocycles. The molecular formula is C20H30N4O2S. The summed E-state index contributed by atoms with van der Waals surface area (Å²) in [6.07, 6.45) is 2.11. The van der Waals surface area contributed by atoms with Crippen molar-refractivity contribution in [3.63, 3.8) is 0 Å². The van der Waals surface area contributed by atoms with Gasteiger partial charge in [0.05, 0.1) is 12.9 Å². The Hall–Kier alpha value is -2.02. The van der Waals surface area contributed by atoms with Gasteiger partial charge in [-0.3, -0.25) is 4.79 Å². The van der Waals surface area contributed by atoms with Crippen LogP contribution < -0.4 is 10.1 Å². The number of benzene rings is 1. The number of amides is 1. The lowest BCUT2D eigenvalue weighted by Gasteiger charge is -2.17. The molecule has 0 aliphatic rings. The molecule has 6 nitrogen and oxygen atoms in total. The number of thioether (sulfide) groups is 1. The normalized spacial score (nSPS) is 12.2. The average molecular weight is 391 g/mol. The Kier molecular flexibility index (Phi) is 8.16. The summed E-state index contributed by atoms with van der Waals surface area (Å²) in [5.74, 6) is 2.41. The number of methoxy groups -OCH3 is 1. The van der Waals surface area contributed by atoms with Crippen molar-refractivity contribution in [2.75, 3.05) is 12.9 Å². The predicted molar refractivity (Wildman–Crippen MR) is 110 cm³/mol. The lowest BCUT2D eigenvalue weighted by Crippen LogP contribution is -2.37. The van der Waals surface area contributed by atoms with Gasteiger partial charge in [-0.05, 0) is 43.5 Å². The van der Waals surface area contributed by atoms with E-state index >= 15 is 0 Å². The van der Waals surface area contributed by atoms with Crippen LogP contribution in [0.5, 0.6) is 5.75 Å². The minimum Gasteiger partial charge on any atom is -0.497 e. The molecule has 0 spiro atoms. The summed E-state index contributed by atoms with van der Waals surface area (Å²) in [6, 6.07) is 7.96. The van der Waals surface area contributed by atoms with Crippen molar-refractivity contribution in [2.45, 2.75) is 58.3 Å². The molecule has 1 amide bonds. The fourth-order valence-corrected chi connectivity index (χ4v) is 3.23. The van der Waals surface area contributed by atoms with E-state index in [4.69, 9.17) is 4.74 Å². The molecule has 1 N–H and O–H groups in total. The number of unbranched alkanes of at least 4 members (excludes halogenated alkanes) is 1. The van der Waals surface area contributed by atoms with Crippen LogP contribution in [-0.2, 0) is 11.3 Å². The van der Waals surface area contributed by atoms with Crippen LogP contribution in [0.1, 0.15) is 40.5 Å². The summed E-state index contributed by atoms with van der Waals surface area (Å²) in [5, 5.41) is 12.5. The molecule has 0 aliphatic heterocycles. The fourth-order valence-electron chi connectivity index (χ4n) is 2.46. The van der Waals surface area contributed by atoms with Gasteiger partial charge in [-0.25, -0.2) is 0 Å². The number of aromatic nitrogens is 3. The first-order chi connectivity index (χ1) is 13.0. The first kappa shape index (κ1) is 21.3. The summed E-state index contributed by atoms with van der Waals surface area (Å²) < 4.78 is 7.33. The molecule has 0 saturated heterocycles. The van der Waals surface area contributed by atoms with Crippen molar-refractivity contribution in [2.24, 2.45) is 5.92 Å². The van der Waals surface area contributed by atoms with Gasteiger partial charge in [0.1, 0.15) is 5.75 Å². The second kappa shape index (κ2) is 10.3. The van der Waals surface area contributed by atoms with E-state index in [1.54, 1.807) is 7.11 Å². The van der Waals surface area contributed by atoms with Gasteiger partial charge in [-0.15, -0.1) is 10.2 Å². The van der Waals surface area contributed by atoms with Gasteiger partial charge in [-0.2, -0.15) is 0 Å². The van der Waals surface area contributed by atoms with E-state index in [1.165, 1.54) is 11.8 Å². The van der Waals surface area contributed by atoms with Crippen LogP contribution >= 0.6 is 11.8 Å². The van der Waals surface area contributed by atoms with Crippen LogP contribution in [0.4, 0.5) is 0 Å². The quantitative estimate of drug-likeness (QED) is 0.621. The van der Waals surface area contributed by atoms with E-state index in [0.29, 0.717) is 11.7 Å². The van der Waals surface area contributed by atoms with Crippen LogP contribution in [0, 0.1) is 5.92 Å². The zero-order valence-corrected chi connectivity index (χ0v) is 17.7. The third-order valence-corrected chi connectivity index (χ3v) is 5.49. The van der Waals surface area contributed by atoms with E-state index < -0.39 is 0 Å². The first-order valence-electron chi connectivity index (χ1n) is 9.46. The van der Waals surface area contributed by atoms with E-state index in [0.717, 1.165) is 41.7 Å². The average Bonchev–Trinajstić information content (AvgIpc) is 3.07. The third kappa shape index (κ3) is 5.99. The van der Waals surface area contributed by atoms with E-state index in [2.05, 4.69) is 40.9 Å². The van der Waals surface area contributed by atoms with Crippen LogP contribution in [-0.4, -0.2) is 39.6 Å². The van der Waals surface area contributed by atoms with Gasteiger partial charge in [0.15, 0.2) is 11.0 Å². The van der Waals surface area contributed by atoms with Gasteiger partial charge >= 0.3 is 0 Å². The second-order valence-electron chi connectivity index (χ2n) is 6.93. The Bertz CT molecular complexity index is 728. The monoisotopic (exact) mass is 390 g/mol. The van der Waals surface area contributed by atoms with Gasteiger partial charge in [0, 0.05) is 18.2 Å². The van der Waals surface area contributed by atoms with E-state index in [1.807, 2.05) is 31.2 Å². The minimum atomic E-state index is 0.0252. The molecule has 2 rings (SSSR count). The Morgan fingerprint density at radius 3 is 2.52 bits per heavy atom. The number of rotatable bonds is 10. The van der Waals surface area contributed by atoms with Gasteiger partial charge < -0.3 is 14.6 Å². The minimum absolute atomic E-state index is 0.0252. The number of hydrogen-bond acceptors (Lipinski definition) is 5. The highest BCUT2D eigenvalue weighted by Gasteiger charge is 2.17. The number of hydrogen-bond donors (Lipinski definition) is 1. The Morgan fingerprint density at radius 1 is 1.22 bits per heavy atom. The topological polar surface area (TPSA) is 69.0 Å². The number of nitrogens with one attached hydrogen (secondary N) is 1. The molecule has 148 valence electrons. The second-order valence-corrected chi connectivity index (χ2v) is 7.87. The summed E-state index contributed by atoms with van der Waals surface area (Å²) in [6.45, 7) is 9.21. The van der Waals surface area contributed by atoms with Gasteiger partial charge in [-0.1, -0.05) is 39.0 Å². The molecule has 0 bridgehead atoms. The van der Waals surface area contributed by atoms with E-state index in [9.17, 15) is 4.79 Å². The Labute approximate surface area is 166 Å². The number of carbonyl (C=O) groups is 1. The highest BCUT2D eigenvalue weighted by molar-refractivity contribution is 7.99.